The fourth-order valence-corrected chi connectivity index (χ4v) is 5.15. The molecule has 3 aromatic carbocycles. The quantitative estimate of drug-likeness (QED) is 0.143. The van der Waals surface area contributed by atoms with Gasteiger partial charge in [-0.25, -0.2) is 0 Å². The highest BCUT2D eigenvalue weighted by Crippen LogP contribution is 2.32. The summed E-state index contributed by atoms with van der Waals surface area (Å²) in [5, 5.41) is 6.42. The average Bonchev–Trinajstić information content (AvgIpc) is 2.99. The molecule has 0 aliphatic carbocycles. The molecule has 0 spiro atoms. The first-order valence-corrected chi connectivity index (χ1v) is 14.7. The summed E-state index contributed by atoms with van der Waals surface area (Å²) in [5.74, 6) is -12.8. The molecule has 0 saturated heterocycles. The van der Waals surface area contributed by atoms with Crippen molar-refractivity contribution in [3.8, 4) is 0 Å². The van der Waals surface area contributed by atoms with E-state index in [-0.39, 0.29) is 12.0 Å². The molecule has 14 heteroatoms. The van der Waals surface area contributed by atoms with E-state index in [1.807, 2.05) is 0 Å². The molecule has 246 valence electrons. The van der Waals surface area contributed by atoms with Gasteiger partial charge in [0.1, 0.15) is 12.6 Å². The molecule has 3 N–H and O–H groups in total. The molecule has 3 rings (SSSR count). The standard InChI is InChI=1S/C32H30Cl2F5N3O4/c1-18(2)26(28(44)32(38,39)30(46)40-17-31(35,36)37)42-29(45)27(20-11-7-4-8-12-20)41-25(43)16-24(19-9-5-3-6-10-19)21-13-22(33)15-23(34)14-21/h3-15,18,24,26-27H,16-17H2,1-2H3,(H,40,46)(H,41,43)(H,42,45)/t24?,26-,27-/m0/s1. The van der Waals surface area contributed by atoms with Gasteiger partial charge in [-0.05, 0) is 40.8 Å². The molecule has 0 heterocycles. The molecule has 3 amide bonds. The molecule has 0 aliphatic rings. The van der Waals surface area contributed by atoms with E-state index < -0.39 is 66.1 Å². The lowest BCUT2D eigenvalue weighted by atomic mass is 9.88. The minimum absolute atomic E-state index is 0.207. The third kappa shape index (κ3) is 9.98. The number of carbonyl (C=O) groups is 4. The van der Waals surface area contributed by atoms with E-state index in [2.05, 4.69) is 10.6 Å². The second kappa shape index (κ2) is 15.5. The second-order valence-electron chi connectivity index (χ2n) is 10.7. The average molecular weight is 687 g/mol. The van der Waals surface area contributed by atoms with Crippen LogP contribution in [0.2, 0.25) is 10.0 Å². The molecule has 0 radical (unpaired) electrons. The Morgan fingerprint density at radius 2 is 1.26 bits per heavy atom. The fraction of sp³-hybridized carbons (Fsp3) is 0.312. The third-order valence-corrected chi connectivity index (χ3v) is 7.31. The van der Waals surface area contributed by atoms with Crippen molar-refractivity contribution in [2.24, 2.45) is 5.92 Å². The van der Waals surface area contributed by atoms with Crippen molar-refractivity contribution in [3.63, 3.8) is 0 Å². The number of nitrogens with one attached hydrogen (secondary N) is 3. The van der Waals surface area contributed by atoms with Crippen LogP contribution < -0.4 is 16.0 Å². The normalized spacial score (nSPS) is 13.8. The van der Waals surface area contributed by atoms with Crippen LogP contribution in [0.3, 0.4) is 0 Å². The van der Waals surface area contributed by atoms with Gasteiger partial charge < -0.3 is 16.0 Å². The van der Waals surface area contributed by atoms with E-state index in [1.54, 1.807) is 60.7 Å². The SMILES string of the molecule is CC(C)[C@H](NC(=O)[C@@H](NC(=O)CC(c1ccccc1)c1cc(Cl)cc(Cl)c1)c1ccccc1)C(=O)C(F)(F)C(=O)NCC(F)(F)F. The van der Waals surface area contributed by atoms with Gasteiger partial charge in [0, 0.05) is 22.4 Å². The molecule has 0 fully saturated rings. The predicted octanol–water partition coefficient (Wildman–Crippen LogP) is 6.40. The third-order valence-electron chi connectivity index (χ3n) is 6.87. The van der Waals surface area contributed by atoms with E-state index >= 15 is 0 Å². The van der Waals surface area contributed by atoms with Gasteiger partial charge in [-0.3, -0.25) is 19.2 Å². The van der Waals surface area contributed by atoms with Crippen molar-refractivity contribution in [2.45, 2.75) is 50.4 Å². The van der Waals surface area contributed by atoms with Crippen LogP contribution in [0, 0.1) is 5.92 Å². The summed E-state index contributed by atoms with van der Waals surface area (Å²) in [5.41, 5.74) is 1.57. The molecule has 46 heavy (non-hydrogen) atoms. The number of benzene rings is 3. The zero-order valence-electron chi connectivity index (χ0n) is 24.5. The van der Waals surface area contributed by atoms with Gasteiger partial charge in [-0.15, -0.1) is 0 Å². The Morgan fingerprint density at radius 1 is 0.739 bits per heavy atom. The summed E-state index contributed by atoms with van der Waals surface area (Å²) in [6.07, 6.45) is -5.21. The topological polar surface area (TPSA) is 104 Å². The molecule has 0 aliphatic heterocycles. The maximum absolute atomic E-state index is 14.7. The molecule has 0 aromatic heterocycles. The van der Waals surface area contributed by atoms with Crippen LogP contribution in [0.1, 0.15) is 48.9 Å². The Kier molecular flexibility index (Phi) is 12.3. The summed E-state index contributed by atoms with van der Waals surface area (Å²) < 4.78 is 66.9. The molecular formula is C32H30Cl2F5N3O4. The molecule has 0 saturated carbocycles. The lowest BCUT2D eigenvalue weighted by Gasteiger charge is -2.28. The van der Waals surface area contributed by atoms with Gasteiger partial charge in [-0.1, -0.05) is 97.7 Å². The smallest absolute Gasteiger partial charge is 0.344 e. The highest BCUT2D eigenvalue weighted by atomic mass is 35.5. The van der Waals surface area contributed by atoms with Gasteiger partial charge in [0.15, 0.2) is 0 Å². The van der Waals surface area contributed by atoms with Crippen LogP contribution in [-0.2, 0) is 19.2 Å². The van der Waals surface area contributed by atoms with E-state index in [0.717, 1.165) is 10.9 Å². The predicted molar refractivity (Wildman–Crippen MR) is 162 cm³/mol. The van der Waals surface area contributed by atoms with Crippen LogP contribution in [0.5, 0.6) is 0 Å². The first-order valence-electron chi connectivity index (χ1n) is 13.9. The van der Waals surface area contributed by atoms with Crippen molar-refractivity contribution >= 4 is 46.7 Å². The van der Waals surface area contributed by atoms with Gasteiger partial charge in [-0.2, -0.15) is 22.0 Å². The zero-order chi connectivity index (χ0) is 34.2. The molecule has 3 atom stereocenters. The number of Topliss-reactive ketones (excluding diaryl/α,β-unsaturated/α-hetero) is 1. The number of halogens is 7. The van der Waals surface area contributed by atoms with Crippen molar-refractivity contribution in [1.82, 2.24) is 16.0 Å². The number of rotatable bonds is 13. The molecule has 3 aromatic rings. The van der Waals surface area contributed by atoms with Crippen LogP contribution >= 0.6 is 23.2 Å². The number of ketones is 1. The Balaban J connectivity index is 1.88. The minimum atomic E-state index is -5.00. The Hall–Kier alpha value is -4.03. The number of carbonyl (C=O) groups excluding carboxylic acids is 4. The summed E-state index contributed by atoms with van der Waals surface area (Å²) in [6, 6.07) is 18.0. The van der Waals surface area contributed by atoms with Gasteiger partial charge in [0.05, 0.1) is 6.04 Å². The number of hydrogen-bond acceptors (Lipinski definition) is 4. The second-order valence-corrected chi connectivity index (χ2v) is 11.6. The van der Waals surface area contributed by atoms with Crippen LogP contribution in [0.25, 0.3) is 0 Å². The number of hydrogen-bond donors (Lipinski definition) is 3. The van der Waals surface area contributed by atoms with Crippen LogP contribution in [0.15, 0.2) is 78.9 Å². The highest BCUT2D eigenvalue weighted by molar-refractivity contribution is 6.34. The zero-order valence-corrected chi connectivity index (χ0v) is 26.0. The Bertz CT molecular complexity index is 1520. The van der Waals surface area contributed by atoms with Crippen molar-refractivity contribution < 1.29 is 41.1 Å². The van der Waals surface area contributed by atoms with Gasteiger partial charge >= 0.3 is 12.1 Å². The van der Waals surface area contributed by atoms with Crippen LogP contribution in [0.4, 0.5) is 22.0 Å². The van der Waals surface area contributed by atoms with Crippen molar-refractivity contribution in [2.75, 3.05) is 6.54 Å². The Morgan fingerprint density at radius 3 is 1.76 bits per heavy atom. The van der Waals surface area contributed by atoms with E-state index in [0.29, 0.717) is 15.6 Å². The molecule has 7 nitrogen and oxygen atoms in total. The van der Waals surface area contributed by atoms with Crippen molar-refractivity contribution in [1.29, 1.82) is 0 Å². The molecular weight excluding hydrogens is 656 g/mol. The summed E-state index contributed by atoms with van der Waals surface area (Å²) >= 11 is 12.4. The number of amides is 3. The summed E-state index contributed by atoms with van der Waals surface area (Å²) in [7, 11) is 0. The van der Waals surface area contributed by atoms with E-state index in [9.17, 15) is 41.1 Å². The maximum atomic E-state index is 14.7. The first kappa shape index (κ1) is 36.4. The monoisotopic (exact) mass is 685 g/mol. The summed E-state index contributed by atoms with van der Waals surface area (Å²) in [4.78, 5) is 51.7. The van der Waals surface area contributed by atoms with Crippen molar-refractivity contribution in [3.05, 3.63) is 106 Å². The molecule has 1 unspecified atom stereocenters. The molecule has 0 bridgehead atoms. The first-order chi connectivity index (χ1) is 21.5. The minimum Gasteiger partial charge on any atom is -0.344 e. The number of alkyl halides is 5. The highest BCUT2D eigenvalue weighted by Gasteiger charge is 2.52. The largest absolute Gasteiger partial charge is 0.405 e. The lowest BCUT2D eigenvalue weighted by molar-refractivity contribution is -0.165. The van der Waals surface area contributed by atoms with Gasteiger partial charge in [0.25, 0.3) is 5.91 Å². The fourth-order valence-electron chi connectivity index (χ4n) is 4.61. The Labute approximate surface area is 271 Å². The van der Waals surface area contributed by atoms with Gasteiger partial charge in [0.2, 0.25) is 17.6 Å². The van der Waals surface area contributed by atoms with E-state index in [1.165, 1.54) is 32.0 Å². The summed E-state index contributed by atoms with van der Waals surface area (Å²) in [6.45, 7) is 0.507. The maximum Gasteiger partial charge on any atom is 0.405 e. The lowest BCUT2D eigenvalue weighted by Crippen LogP contribution is -2.58. The van der Waals surface area contributed by atoms with E-state index in [4.69, 9.17) is 23.2 Å². The van der Waals surface area contributed by atoms with Crippen LogP contribution in [-0.4, -0.2) is 48.2 Å².